The summed E-state index contributed by atoms with van der Waals surface area (Å²) in [5, 5.41) is 12.9. The highest BCUT2D eigenvalue weighted by molar-refractivity contribution is 7.99. The van der Waals surface area contributed by atoms with Crippen LogP contribution in [0.15, 0.2) is 29.4 Å². The second kappa shape index (κ2) is 6.00. The van der Waals surface area contributed by atoms with Gasteiger partial charge in [-0.25, -0.2) is 5.10 Å². The fourth-order valence-corrected chi connectivity index (χ4v) is 2.52. The van der Waals surface area contributed by atoms with Crippen LogP contribution in [-0.2, 0) is 14.6 Å². The molecule has 8 heteroatoms. The molecule has 2 rings (SSSR count). The van der Waals surface area contributed by atoms with Gasteiger partial charge < -0.3 is 14.2 Å². The van der Waals surface area contributed by atoms with Gasteiger partial charge >= 0.3 is 0 Å². The van der Waals surface area contributed by atoms with E-state index in [0.717, 1.165) is 5.56 Å². The third-order valence-corrected chi connectivity index (χ3v) is 3.72. The predicted octanol–water partition coefficient (Wildman–Crippen LogP) is 1.40. The number of para-hydroxylation sites is 1. The number of tetrazole rings is 1. The lowest BCUT2D eigenvalue weighted by atomic mass is 10.2. The van der Waals surface area contributed by atoms with E-state index in [1.807, 2.05) is 24.3 Å². The number of ether oxygens (including phenoxy) is 3. The van der Waals surface area contributed by atoms with Crippen LogP contribution in [0, 0.1) is 0 Å². The first kappa shape index (κ1) is 13.8. The molecule has 19 heavy (non-hydrogen) atoms. The Bertz CT molecular complexity index is 516. The summed E-state index contributed by atoms with van der Waals surface area (Å²) in [5.74, 6) is 0.658. The molecular weight excluding hydrogens is 268 g/mol. The van der Waals surface area contributed by atoms with Gasteiger partial charge in [0, 0.05) is 14.2 Å². The second-order valence-electron chi connectivity index (χ2n) is 3.47. The van der Waals surface area contributed by atoms with Crippen molar-refractivity contribution in [1.29, 1.82) is 0 Å². The van der Waals surface area contributed by atoms with Crippen molar-refractivity contribution in [3.8, 4) is 5.75 Å². The van der Waals surface area contributed by atoms with Crippen LogP contribution in [0.3, 0.4) is 0 Å². The number of thioether (sulfide) groups is 1. The topological polar surface area (TPSA) is 82.2 Å². The third-order valence-electron chi connectivity index (χ3n) is 2.53. The standard InChI is InChI=1S/C11H14N4O3S/c1-16-9-7-5-4-6-8(9)11(17-2,18-3)19-10-12-14-15-13-10/h4-7H,1-3H3,(H,12,13,14,15). The quantitative estimate of drug-likeness (QED) is 0.633. The zero-order valence-corrected chi connectivity index (χ0v) is 11.6. The maximum absolute atomic E-state index is 5.53. The zero-order chi connectivity index (χ0) is 13.7. The van der Waals surface area contributed by atoms with Gasteiger partial charge in [0.1, 0.15) is 5.75 Å². The first-order valence-corrected chi connectivity index (χ1v) is 6.24. The van der Waals surface area contributed by atoms with Crippen molar-refractivity contribution in [2.45, 2.75) is 10.3 Å². The first-order chi connectivity index (χ1) is 9.25. The molecule has 0 radical (unpaired) electrons. The SMILES string of the molecule is COc1ccccc1C(OC)(OC)Sc1nnn[nH]1. The molecule has 0 saturated carbocycles. The molecule has 0 aliphatic rings. The molecule has 0 unspecified atom stereocenters. The molecule has 7 nitrogen and oxygen atoms in total. The summed E-state index contributed by atoms with van der Waals surface area (Å²) in [6.45, 7) is 0. The molecule has 0 spiro atoms. The molecule has 1 aromatic heterocycles. The summed E-state index contributed by atoms with van der Waals surface area (Å²) in [7, 11) is 4.69. The van der Waals surface area contributed by atoms with Gasteiger partial charge in [0.2, 0.25) is 5.16 Å². The number of aromatic amines is 1. The Balaban J connectivity index is 2.43. The van der Waals surface area contributed by atoms with Gasteiger partial charge in [0.25, 0.3) is 5.12 Å². The Kier molecular flexibility index (Phi) is 4.35. The maximum Gasteiger partial charge on any atom is 0.256 e. The molecule has 0 bridgehead atoms. The Labute approximate surface area is 114 Å². The summed E-state index contributed by atoms with van der Waals surface area (Å²) >= 11 is 1.21. The van der Waals surface area contributed by atoms with Crippen LogP contribution in [-0.4, -0.2) is 42.0 Å². The van der Waals surface area contributed by atoms with Gasteiger partial charge in [-0.05, 0) is 34.3 Å². The second-order valence-corrected chi connectivity index (χ2v) is 4.60. The van der Waals surface area contributed by atoms with Crippen molar-refractivity contribution in [2.75, 3.05) is 21.3 Å². The van der Waals surface area contributed by atoms with Crippen LogP contribution < -0.4 is 4.74 Å². The van der Waals surface area contributed by atoms with Crippen LogP contribution >= 0.6 is 11.8 Å². The van der Waals surface area contributed by atoms with E-state index < -0.39 is 5.12 Å². The highest BCUT2D eigenvalue weighted by atomic mass is 32.2. The number of benzene rings is 1. The monoisotopic (exact) mass is 282 g/mol. The van der Waals surface area contributed by atoms with Crippen molar-refractivity contribution in [3.63, 3.8) is 0 Å². The lowest BCUT2D eigenvalue weighted by molar-refractivity contribution is -0.141. The van der Waals surface area contributed by atoms with Crippen LogP contribution in [0.25, 0.3) is 0 Å². The fraction of sp³-hybridized carbons (Fsp3) is 0.364. The highest BCUT2D eigenvalue weighted by Crippen LogP contribution is 2.44. The lowest BCUT2D eigenvalue weighted by Crippen LogP contribution is -2.27. The van der Waals surface area contributed by atoms with Crippen molar-refractivity contribution in [2.24, 2.45) is 0 Å². The lowest BCUT2D eigenvalue weighted by Gasteiger charge is -2.30. The van der Waals surface area contributed by atoms with E-state index in [-0.39, 0.29) is 0 Å². The Morgan fingerprint density at radius 2 is 1.89 bits per heavy atom. The molecule has 1 heterocycles. The summed E-state index contributed by atoms with van der Waals surface area (Å²) in [6.07, 6.45) is 0. The molecule has 0 fully saturated rings. The number of methoxy groups -OCH3 is 3. The molecule has 1 aromatic carbocycles. The predicted molar refractivity (Wildman–Crippen MR) is 68.7 cm³/mol. The average Bonchev–Trinajstić information content (AvgIpc) is 2.97. The number of nitrogens with one attached hydrogen (secondary N) is 1. The van der Waals surface area contributed by atoms with Gasteiger partial charge in [-0.15, -0.1) is 5.10 Å². The third kappa shape index (κ3) is 2.70. The molecule has 102 valence electrons. The van der Waals surface area contributed by atoms with E-state index in [4.69, 9.17) is 14.2 Å². The summed E-state index contributed by atoms with van der Waals surface area (Å²) in [6, 6.07) is 7.45. The van der Waals surface area contributed by atoms with Gasteiger partial charge in [-0.1, -0.05) is 12.1 Å². The van der Waals surface area contributed by atoms with Crippen LogP contribution in [0.4, 0.5) is 0 Å². The van der Waals surface area contributed by atoms with Crippen LogP contribution in [0.1, 0.15) is 5.56 Å². The number of aromatic nitrogens is 4. The minimum Gasteiger partial charge on any atom is -0.496 e. The van der Waals surface area contributed by atoms with Gasteiger partial charge in [-0.3, -0.25) is 0 Å². The number of hydrogen-bond acceptors (Lipinski definition) is 7. The van der Waals surface area contributed by atoms with Crippen molar-refractivity contribution in [1.82, 2.24) is 20.6 Å². The molecule has 1 N–H and O–H groups in total. The molecule has 0 saturated heterocycles. The van der Waals surface area contributed by atoms with Gasteiger partial charge in [0.05, 0.1) is 12.7 Å². The van der Waals surface area contributed by atoms with Crippen molar-refractivity contribution >= 4 is 11.8 Å². The maximum atomic E-state index is 5.53. The smallest absolute Gasteiger partial charge is 0.256 e. The Hall–Kier alpha value is -1.64. The van der Waals surface area contributed by atoms with E-state index in [2.05, 4.69) is 20.6 Å². The van der Waals surface area contributed by atoms with Gasteiger partial charge in [0.15, 0.2) is 0 Å². The highest BCUT2D eigenvalue weighted by Gasteiger charge is 2.38. The number of rotatable bonds is 6. The van der Waals surface area contributed by atoms with Crippen molar-refractivity contribution in [3.05, 3.63) is 29.8 Å². The average molecular weight is 282 g/mol. The summed E-state index contributed by atoms with van der Waals surface area (Å²) < 4.78 is 16.4. The largest absolute Gasteiger partial charge is 0.496 e. The normalized spacial score (nSPS) is 11.5. The summed E-state index contributed by atoms with van der Waals surface area (Å²) in [4.78, 5) is 0. The minimum absolute atomic E-state index is 0.481. The molecule has 2 aromatic rings. The van der Waals surface area contributed by atoms with E-state index in [0.29, 0.717) is 10.9 Å². The van der Waals surface area contributed by atoms with Gasteiger partial charge in [-0.2, -0.15) is 0 Å². The molecule has 0 aliphatic carbocycles. The number of hydrogen-bond donors (Lipinski definition) is 1. The van der Waals surface area contributed by atoms with E-state index in [9.17, 15) is 0 Å². The molecular formula is C11H14N4O3S. The summed E-state index contributed by atoms with van der Waals surface area (Å²) in [5.41, 5.74) is 0.740. The number of nitrogens with zero attached hydrogens (tertiary/aromatic N) is 3. The molecule has 0 atom stereocenters. The van der Waals surface area contributed by atoms with E-state index >= 15 is 0 Å². The fourth-order valence-electron chi connectivity index (χ4n) is 1.66. The van der Waals surface area contributed by atoms with Crippen LogP contribution in [0.5, 0.6) is 5.75 Å². The minimum atomic E-state index is -1.09. The Morgan fingerprint density at radius 3 is 2.47 bits per heavy atom. The zero-order valence-electron chi connectivity index (χ0n) is 10.8. The first-order valence-electron chi connectivity index (χ1n) is 5.42. The molecule has 0 amide bonds. The number of H-pyrrole nitrogens is 1. The Morgan fingerprint density at radius 1 is 1.16 bits per heavy atom. The van der Waals surface area contributed by atoms with E-state index in [1.54, 1.807) is 21.3 Å². The van der Waals surface area contributed by atoms with E-state index in [1.165, 1.54) is 11.8 Å². The molecule has 0 aliphatic heterocycles. The van der Waals surface area contributed by atoms with Crippen LogP contribution in [0.2, 0.25) is 0 Å². The van der Waals surface area contributed by atoms with Crippen molar-refractivity contribution < 1.29 is 14.2 Å².